The second-order valence-electron chi connectivity index (χ2n) is 9.43. The van der Waals surface area contributed by atoms with Crippen molar-refractivity contribution in [1.29, 1.82) is 5.26 Å². The molecule has 1 unspecified atom stereocenters. The summed E-state index contributed by atoms with van der Waals surface area (Å²) in [6.07, 6.45) is 6.52. The second-order valence-corrected chi connectivity index (χ2v) is 11.3. The summed E-state index contributed by atoms with van der Waals surface area (Å²) in [6, 6.07) is 19.4. The van der Waals surface area contributed by atoms with Crippen LogP contribution in [0.3, 0.4) is 0 Å². The van der Waals surface area contributed by atoms with E-state index in [1.807, 2.05) is 30.3 Å². The van der Waals surface area contributed by atoms with Gasteiger partial charge in [-0.2, -0.15) is 9.57 Å². The van der Waals surface area contributed by atoms with Gasteiger partial charge in [0.15, 0.2) is 0 Å². The van der Waals surface area contributed by atoms with Gasteiger partial charge in [0.25, 0.3) is 5.91 Å². The number of hydrogen-bond donors (Lipinski definition) is 0. The van der Waals surface area contributed by atoms with Crippen LogP contribution in [-0.4, -0.2) is 37.1 Å². The summed E-state index contributed by atoms with van der Waals surface area (Å²) in [5.74, 6) is -1.04. The van der Waals surface area contributed by atoms with Gasteiger partial charge in [0.05, 0.1) is 28.6 Å². The second kappa shape index (κ2) is 10.3. The molecular formula is C29H27N3O4S. The predicted octanol–water partition coefficient (Wildman–Crippen LogP) is 4.92. The lowest BCUT2D eigenvalue weighted by Crippen LogP contribution is -2.46. The van der Waals surface area contributed by atoms with Crippen molar-refractivity contribution >= 4 is 38.3 Å². The van der Waals surface area contributed by atoms with Crippen LogP contribution in [0.2, 0.25) is 0 Å². The number of allylic oxidation sites excluding steroid dienone is 1. The number of sulfonamides is 1. The molecule has 3 aromatic carbocycles. The van der Waals surface area contributed by atoms with E-state index in [4.69, 9.17) is 5.26 Å². The quantitative estimate of drug-likeness (QED) is 0.330. The Morgan fingerprint density at radius 2 is 1.73 bits per heavy atom. The molecule has 0 bridgehead atoms. The first-order chi connectivity index (χ1) is 17.9. The van der Waals surface area contributed by atoms with Crippen LogP contribution in [0.1, 0.15) is 44.1 Å². The highest BCUT2D eigenvalue weighted by Crippen LogP contribution is 2.32. The first kappa shape index (κ1) is 24.9. The highest BCUT2D eigenvalue weighted by Gasteiger charge is 2.46. The Morgan fingerprint density at radius 3 is 2.43 bits per heavy atom. The van der Waals surface area contributed by atoms with E-state index < -0.39 is 27.9 Å². The number of benzene rings is 3. The molecule has 7 nitrogen and oxygen atoms in total. The van der Waals surface area contributed by atoms with Crippen molar-refractivity contribution in [3.8, 4) is 6.07 Å². The molecule has 2 aliphatic rings. The third-order valence-electron chi connectivity index (χ3n) is 7.09. The molecule has 0 saturated carbocycles. The minimum Gasteiger partial charge on any atom is -0.274 e. The molecule has 8 heteroatoms. The standard InChI is InChI=1S/C29H27N3O4S/c30-20-22-10-13-25(14-11-22)32-28(33)19-27(29(32)34)31(17-16-21-6-2-1-3-7-21)37(35,36)26-15-12-23-8-4-5-9-24(23)18-26/h4-6,8-15,18,27H,1-3,7,16-17,19H2. The van der Waals surface area contributed by atoms with E-state index in [0.29, 0.717) is 17.7 Å². The Bertz CT molecular complexity index is 1540. The van der Waals surface area contributed by atoms with Crippen molar-refractivity contribution in [2.24, 2.45) is 0 Å². The van der Waals surface area contributed by atoms with Crippen molar-refractivity contribution in [2.75, 3.05) is 11.4 Å². The summed E-state index contributed by atoms with van der Waals surface area (Å²) in [6.45, 7) is 0.117. The Hall–Kier alpha value is -3.80. The normalized spacial score (nSPS) is 18.3. The van der Waals surface area contributed by atoms with E-state index >= 15 is 0 Å². The number of anilines is 1. The topological polar surface area (TPSA) is 98.5 Å². The summed E-state index contributed by atoms with van der Waals surface area (Å²) in [5.41, 5.74) is 1.92. The molecule has 0 aromatic heterocycles. The molecular weight excluding hydrogens is 486 g/mol. The van der Waals surface area contributed by atoms with Crippen molar-refractivity contribution in [1.82, 2.24) is 4.31 Å². The number of rotatable bonds is 7. The molecule has 0 radical (unpaired) electrons. The summed E-state index contributed by atoms with van der Waals surface area (Å²) in [4.78, 5) is 27.7. The van der Waals surface area contributed by atoms with Gasteiger partial charge in [-0.15, -0.1) is 0 Å². The average molecular weight is 514 g/mol. The Morgan fingerprint density at radius 1 is 0.973 bits per heavy atom. The van der Waals surface area contributed by atoms with Gasteiger partial charge in [-0.25, -0.2) is 13.3 Å². The van der Waals surface area contributed by atoms with Gasteiger partial charge in [-0.3, -0.25) is 9.59 Å². The van der Waals surface area contributed by atoms with Gasteiger partial charge in [-0.05, 0) is 79.3 Å². The lowest BCUT2D eigenvalue weighted by Gasteiger charge is -2.28. The van der Waals surface area contributed by atoms with Crippen molar-refractivity contribution < 1.29 is 18.0 Å². The van der Waals surface area contributed by atoms with Crippen LogP contribution in [0.25, 0.3) is 10.8 Å². The van der Waals surface area contributed by atoms with Crippen LogP contribution in [0, 0.1) is 11.3 Å². The minimum atomic E-state index is -4.09. The van der Waals surface area contributed by atoms with Crippen LogP contribution in [0.15, 0.2) is 83.3 Å². The molecule has 188 valence electrons. The van der Waals surface area contributed by atoms with E-state index in [9.17, 15) is 18.0 Å². The fraction of sp³-hybridized carbons (Fsp3) is 0.276. The maximum Gasteiger partial charge on any atom is 0.252 e. The number of nitriles is 1. The van der Waals surface area contributed by atoms with Gasteiger partial charge in [0.2, 0.25) is 15.9 Å². The Kier molecular flexibility index (Phi) is 6.92. The summed E-state index contributed by atoms with van der Waals surface area (Å²) in [5, 5.41) is 10.8. The predicted molar refractivity (Wildman–Crippen MR) is 141 cm³/mol. The SMILES string of the molecule is N#Cc1ccc(N2C(=O)CC(N(CCC3=CCCCC3)S(=O)(=O)c3ccc4ccccc4c3)C2=O)cc1. The fourth-order valence-corrected chi connectivity index (χ4v) is 6.71. The monoisotopic (exact) mass is 513 g/mol. The lowest BCUT2D eigenvalue weighted by molar-refractivity contribution is -0.122. The molecule has 1 aliphatic carbocycles. The Labute approximate surface area is 216 Å². The Balaban J connectivity index is 1.50. The lowest BCUT2D eigenvalue weighted by atomic mass is 9.97. The van der Waals surface area contributed by atoms with Crippen molar-refractivity contribution in [2.45, 2.75) is 49.5 Å². The van der Waals surface area contributed by atoms with Gasteiger partial charge in [0, 0.05) is 6.54 Å². The van der Waals surface area contributed by atoms with E-state index in [1.54, 1.807) is 18.2 Å². The summed E-state index contributed by atoms with van der Waals surface area (Å²) >= 11 is 0. The molecule has 0 spiro atoms. The summed E-state index contributed by atoms with van der Waals surface area (Å²) < 4.78 is 29.2. The zero-order chi connectivity index (χ0) is 26.0. The molecule has 1 aliphatic heterocycles. The molecule has 3 aromatic rings. The number of hydrogen-bond acceptors (Lipinski definition) is 5. The van der Waals surface area contributed by atoms with Crippen molar-refractivity contribution in [3.63, 3.8) is 0 Å². The number of imide groups is 1. The molecule has 1 saturated heterocycles. The molecule has 2 amide bonds. The first-order valence-electron chi connectivity index (χ1n) is 12.4. The zero-order valence-electron chi connectivity index (χ0n) is 20.3. The van der Waals surface area contributed by atoms with Gasteiger partial charge in [0.1, 0.15) is 6.04 Å². The molecule has 0 N–H and O–H groups in total. The van der Waals surface area contributed by atoms with E-state index in [2.05, 4.69) is 6.08 Å². The smallest absolute Gasteiger partial charge is 0.252 e. The average Bonchev–Trinajstić information content (AvgIpc) is 3.22. The molecule has 1 atom stereocenters. The van der Waals surface area contributed by atoms with Crippen LogP contribution < -0.4 is 4.90 Å². The summed E-state index contributed by atoms with van der Waals surface area (Å²) in [7, 11) is -4.09. The number of fused-ring (bicyclic) bond motifs is 1. The van der Waals surface area contributed by atoms with Crippen LogP contribution in [0.4, 0.5) is 5.69 Å². The maximum atomic E-state index is 14.0. The van der Waals surface area contributed by atoms with E-state index in [0.717, 1.165) is 41.4 Å². The van der Waals surface area contributed by atoms with Crippen molar-refractivity contribution in [3.05, 3.63) is 83.9 Å². The minimum absolute atomic E-state index is 0.0981. The van der Waals surface area contributed by atoms with Crippen LogP contribution in [0.5, 0.6) is 0 Å². The van der Waals surface area contributed by atoms with E-state index in [-0.39, 0.29) is 17.9 Å². The van der Waals surface area contributed by atoms with Gasteiger partial charge in [-0.1, -0.05) is 42.0 Å². The molecule has 37 heavy (non-hydrogen) atoms. The third-order valence-corrected chi connectivity index (χ3v) is 9.00. The zero-order valence-corrected chi connectivity index (χ0v) is 21.2. The maximum absolute atomic E-state index is 14.0. The van der Waals surface area contributed by atoms with Gasteiger partial charge >= 0.3 is 0 Å². The highest BCUT2D eigenvalue weighted by molar-refractivity contribution is 7.89. The fourth-order valence-electron chi connectivity index (χ4n) is 5.09. The largest absolute Gasteiger partial charge is 0.274 e. The molecule has 1 fully saturated rings. The number of nitrogens with zero attached hydrogens (tertiary/aromatic N) is 3. The number of carbonyl (C=O) groups is 2. The van der Waals surface area contributed by atoms with E-state index in [1.165, 1.54) is 34.1 Å². The number of amides is 2. The highest BCUT2D eigenvalue weighted by atomic mass is 32.2. The van der Waals surface area contributed by atoms with Gasteiger partial charge < -0.3 is 0 Å². The van der Waals surface area contributed by atoms with Crippen LogP contribution in [-0.2, 0) is 19.6 Å². The molecule has 5 rings (SSSR count). The third kappa shape index (κ3) is 4.93. The molecule has 1 heterocycles. The van der Waals surface area contributed by atoms with Crippen LogP contribution >= 0.6 is 0 Å². The first-order valence-corrected chi connectivity index (χ1v) is 13.9. The number of carbonyl (C=O) groups excluding carboxylic acids is 2.